The van der Waals surface area contributed by atoms with E-state index in [4.69, 9.17) is 4.74 Å². The largest absolute Gasteiger partial charge is 0.497 e. The van der Waals surface area contributed by atoms with E-state index in [2.05, 4.69) is 28.6 Å². The minimum absolute atomic E-state index is 0.0550. The maximum atomic E-state index is 10.9. The summed E-state index contributed by atoms with van der Waals surface area (Å²) in [5.41, 5.74) is 5.39. The number of hydrazine groups is 1. The van der Waals surface area contributed by atoms with Crippen molar-refractivity contribution in [1.29, 1.82) is 0 Å². The highest BCUT2D eigenvalue weighted by Gasteiger charge is 2.19. The van der Waals surface area contributed by atoms with Crippen molar-refractivity contribution in [2.75, 3.05) is 13.7 Å². The average molecular weight is 228 g/mol. The summed E-state index contributed by atoms with van der Waals surface area (Å²) in [6, 6.07) is 0.0550. The zero-order valence-corrected chi connectivity index (χ0v) is 9.91. The number of rotatable bonds is 5. The second kappa shape index (κ2) is 7.11. The summed E-state index contributed by atoms with van der Waals surface area (Å²) in [5, 5.41) is 0. The van der Waals surface area contributed by atoms with Crippen LogP contribution in [0.25, 0.3) is 0 Å². The normalized spacial score (nSPS) is 19.9. The van der Waals surface area contributed by atoms with E-state index in [1.165, 1.54) is 7.11 Å². The summed E-state index contributed by atoms with van der Waals surface area (Å²) in [6.45, 7) is 2.78. The Balaban J connectivity index is 2.39. The van der Waals surface area contributed by atoms with E-state index in [1.807, 2.05) is 0 Å². The Labute approximate surface area is 96.2 Å². The van der Waals surface area contributed by atoms with Gasteiger partial charge in [-0.1, -0.05) is 6.92 Å². The molecule has 0 fully saturated rings. The molecule has 0 spiro atoms. The lowest BCUT2D eigenvalue weighted by molar-refractivity contribution is 0.149. The van der Waals surface area contributed by atoms with Gasteiger partial charge in [0.1, 0.15) is 5.76 Å². The van der Waals surface area contributed by atoms with Crippen molar-refractivity contribution in [2.24, 2.45) is 0 Å². The van der Waals surface area contributed by atoms with Crippen LogP contribution < -0.4 is 10.9 Å². The van der Waals surface area contributed by atoms with Crippen molar-refractivity contribution < 1.29 is 14.3 Å². The molecule has 0 aromatic heterocycles. The Hall–Kier alpha value is -1.23. The maximum Gasteiger partial charge on any atom is 0.421 e. The van der Waals surface area contributed by atoms with Gasteiger partial charge in [-0.25, -0.2) is 10.2 Å². The third kappa shape index (κ3) is 4.10. The SMILES string of the molecule is CCCOC1=CCCCC1NNC(=O)OC. The molecule has 0 aromatic rings. The Morgan fingerprint density at radius 3 is 3.12 bits per heavy atom. The number of methoxy groups -OCH3 is 1. The predicted molar refractivity (Wildman–Crippen MR) is 60.6 cm³/mol. The lowest BCUT2D eigenvalue weighted by Crippen LogP contribution is -2.46. The van der Waals surface area contributed by atoms with E-state index >= 15 is 0 Å². The van der Waals surface area contributed by atoms with Crippen molar-refractivity contribution in [3.63, 3.8) is 0 Å². The first-order valence-corrected chi connectivity index (χ1v) is 5.70. The van der Waals surface area contributed by atoms with E-state index in [-0.39, 0.29) is 6.04 Å². The molecule has 0 heterocycles. The van der Waals surface area contributed by atoms with Crippen LogP contribution in [0.4, 0.5) is 4.79 Å². The number of allylic oxidation sites excluding steroid dienone is 1. The molecule has 1 amide bonds. The van der Waals surface area contributed by atoms with Gasteiger partial charge in [0.05, 0.1) is 19.8 Å². The molecule has 5 nitrogen and oxygen atoms in total. The number of hydrogen-bond donors (Lipinski definition) is 2. The molecule has 0 saturated heterocycles. The van der Waals surface area contributed by atoms with Crippen LogP contribution in [-0.2, 0) is 9.47 Å². The average Bonchev–Trinajstić information content (AvgIpc) is 2.34. The predicted octanol–water partition coefficient (Wildman–Crippen LogP) is 1.71. The second-order valence-corrected chi connectivity index (χ2v) is 3.70. The standard InChI is InChI=1S/C11H20N2O3/c1-3-8-16-10-7-5-4-6-9(10)12-13-11(14)15-2/h7,9,12H,3-6,8H2,1-2H3,(H,13,14). The molecule has 1 rings (SSSR count). The summed E-state index contributed by atoms with van der Waals surface area (Å²) >= 11 is 0. The van der Waals surface area contributed by atoms with Gasteiger partial charge in [0.2, 0.25) is 0 Å². The molecule has 16 heavy (non-hydrogen) atoms. The van der Waals surface area contributed by atoms with Gasteiger partial charge in [0.15, 0.2) is 0 Å². The highest BCUT2D eigenvalue weighted by Crippen LogP contribution is 2.19. The van der Waals surface area contributed by atoms with Crippen LogP contribution in [-0.4, -0.2) is 25.9 Å². The van der Waals surface area contributed by atoms with Gasteiger partial charge < -0.3 is 9.47 Å². The quantitative estimate of drug-likeness (QED) is 0.703. The Morgan fingerprint density at radius 1 is 1.62 bits per heavy atom. The minimum Gasteiger partial charge on any atom is -0.497 e. The third-order valence-electron chi connectivity index (χ3n) is 2.39. The van der Waals surface area contributed by atoms with E-state index < -0.39 is 6.09 Å². The fraction of sp³-hybridized carbons (Fsp3) is 0.727. The lowest BCUT2D eigenvalue weighted by atomic mass is 10.0. The van der Waals surface area contributed by atoms with Crippen LogP contribution >= 0.6 is 0 Å². The molecule has 0 bridgehead atoms. The lowest BCUT2D eigenvalue weighted by Gasteiger charge is -2.25. The third-order valence-corrected chi connectivity index (χ3v) is 2.39. The Morgan fingerprint density at radius 2 is 2.44 bits per heavy atom. The van der Waals surface area contributed by atoms with E-state index in [0.29, 0.717) is 6.61 Å². The van der Waals surface area contributed by atoms with Crippen molar-refractivity contribution in [1.82, 2.24) is 10.9 Å². The topological polar surface area (TPSA) is 59.6 Å². The molecule has 1 unspecified atom stereocenters. The van der Waals surface area contributed by atoms with Crippen LogP contribution in [0.1, 0.15) is 32.6 Å². The monoisotopic (exact) mass is 228 g/mol. The molecular weight excluding hydrogens is 208 g/mol. The highest BCUT2D eigenvalue weighted by atomic mass is 16.5. The molecular formula is C11H20N2O3. The number of nitrogens with one attached hydrogen (secondary N) is 2. The molecule has 2 N–H and O–H groups in total. The van der Waals surface area contributed by atoms with Gasteiger partial charge in [0, 0.05) is 0 Å². The van der Waals surface area contributed by atoms with E-state index in [9.17, 15) is 4.79 Å². The maximum absolute atomic E-state index is 10.9. The van der Waals surface area contributed by atoms with Crippen LogP contribution in [0, 0.1) is 0 Å². The fourth-order valence-electron chi connectivity index (χ4n) is 1.57. The molecule has 5 heteroatoms. The number of ether oxygens (including phenoxy) is 2. The van der Waals surface area contributed by atoms with Crippen molar-refractivity contribution >= 4 is 6.09 Å². The van der Waals surface area contributed by atoms with Gasteiger partial charge >= 0.3 is 6.09 Å². The first kappa shape index (κ1) is 12.8. The summed E-state index contributed by atoms with van der Waals surface area (Å²) in [6.07, 6.45) is 5.67. The summed E-state index contributed by atoms with van der Waals surface area (Å²) < 4.78 is 10.1. The van der Waals surface area contributed by atoms with Crippen molar-refractivity contribution in [2.45, 2.75) is 38.6 Å². The van der Waals surface area contributed by atoms with Crippen LogP contribution in [0.15, 0.2) is 11.8 Å². The van der Waals surface area contributed by atoms with Gasteiger partial charge in [-0.15, -0.1) is 0 Å². The highest BCUT2D eigenvalue weighted by molar-refractivity contribution is 5.66. The molecule has 92 valence electrons. The zero-order chi connectivity index (χ0) is 11.8. The molecule has 0 aliphatic heterocycles. The smallest absolute Gasteiger partial charge is 0.421 e. The molecule has 1 aliphatic carbocycles. The van der Waals surface area contributed by atoms with E-state index in [0.717, 1.165) is 31.4 Å². The summed E-state index contributed by atoms with van der Waals surface area (Å²) in [4.78, 5) is 10.9. The first-order valence-electron chi connectivity index (χ1n) is 5.70. The zero-order valence-electron chi connectivity index (χ0n) is 9.91. The number of hydrogen-bond acceptors (Lipinski definition) is 4. The van der Waals surface area contributed by atoms with Crippen LogP contribution in [0.5, 0.6) is 0 Å². The van der Waals surface area contributed by atoms with Crippen molar-refractivity contribution in [3.8, 4) is 0 Å². The first-order chi connectivity index (χ1) is 7.77. The summed E-state index contributed by atoms with van der Waals surface area (Å²) in [7, 11) is 1.34. The fourth-order valence-corrected chi connectivity index (χ4v) is 1.57. The molecule has 0 aromatic carbocycles. The Bertz CT molecular complexity index is 254. The molecule has 0 saturated carbocycles. The molecule has 1 aliphatic rings. The van der Waals surface area contributed by atoms with Crippen LogP contribution in [0.2, 0.25) is 0 Å². The number of carbonyl (C=O) groups is 1. The number of carbonyl (C=O) groups excluding carboxylic acids is 1. The Kier molecular flexibility index (Phi) is 5.71. The minimum atomic E-state index is -0.486. The van der Waals surface area contributed by atoms with Gasteiger partial charge in [-0.2, -0.15) is 0 Å². The molecule has 1 atom stereocenters. The second-order valence-electron chi connectivity index (χ2n) is 3.70. The van der Waals surface area contributed by atoms with Gasteiger partial charge in [-0.3, -0.25) is 5.43 Å². The van der Waals surface area contributed by atoms with Crippen molar-refractivity contribution in [3.05, 3.63) is 11.8 Å². The van der Waals surface area contributed by atoms with Gasteiger partial charge in [0.25, 0.3) is 0 Å². The number of amides is 1. The van der Waals surface area contributed by atoms with E-state index in [1.54, 1.807) is 0 Å². The summed E-state index contributed by atoms with van der Waals surface area (Å²) in [5.74, 6) is 0.921. The molecule has 0 radical (unpaired) electrons. The van der Waals surface area contributed by atoms with Crippen LogP contribution in [0.3, 0.4) is 0 Å². The van der Waals surface area contributed by atoms with Gasteiger partial charge in [-0.05, 0) is 31.8 Å².